The van der Waals surface area contributed by atoms with Crippen molar-refractivity contribution in [2.45, 2.75) is 75.3 Å². The first-order valence-corrected chi connectivity index (χ1v) is 10.2. The topological polar surface area (TPSA) is 67.6 Å². The van der Waals surface area contributed by atoms with Gasteiger partial charge in [0.2, 0.25) is 5.91 Å². The van der Waals surface area contributed by atoms with E-state index < -0.39 is 5.60 Å². The number of piperidine rings is 1. The maximum Gasteiger partial charge on any atom is 0.225 e. The summed E-state index contributed by atoms with van der Waals surface area (Å²) < 4.78 is 7.75. The van der Waals surface area contributed by atoms with Gasteiger partial charge in [0, 0.05) is 36.5 Å². The normalized spacial score (nSPS) is 33.1. The first-order chi connectivity index (χ1) is 13.1. The molecule has 6 heteroatoms. The molecule has 3 fully saturated rings. The molecule has 0 spiro atoms. The van der Waals surface area contributed by atoms with Crippen LogP contribution in [0, 0.1) is 0 Å². The second-order valence-electron chi connectivity index (χ2n) is 8.54. The Morgan fingerprint density at radius 1 is 1.26 bits per heavy atom. The molecule has 6 nitrogen and oxygen atoms in total. The number of aliphatic hydroxyl groups is 1. The fraction of sp³-hybridized carbons (Fsp3) is 0.619. The third-order valence-electron chi connectivity index (χ3n) is 6.61. The van der Waals surface area contributed by atoms with Crippen molar-refractivity contribution in [3.8, 4) is 0 Å². The third kappa shape index (κ3) is 3.15. The largest absolute Gasteiger partial charge is 0.388 e. The Morgan fingerprint density at radius 2 is 2.07 bits per heavy atom. The van der Waals surface area contributed by atoms with Crippen molar-refractivity contribution >= 4 is 16.8 Å². The Morgan fingerprint density at radius 3 is 2.81 bits per heavy atom. The molecule has 0 aromatic carbocycles. The van der Waals surface area contributed by atoms with E-state index in [0.29, 0.717) is 25.8 Å². The zero-order valence-corrected chi connectivity index (χ0v) is 15.6. The number of hydrogen-bond acceptors (Lipinski definition) is 4. The summed E-state index contributed by atoms with van der Waals surface area (Å²) in [5, 5.41) is 12.5. The van der Waals surface area contributed by atoms with E-state index >= 15 is 0 Å². The molecule has 27 heavy (non-hydrogen) atoms. The van der Waals surface area contributed by atoms with Crippen molar-refractivity contribution in [1.82, 2.24) is 14.5 Å². The van der Waals surface area contributed by atoms with Crippen LogP contribution in [0.4, 0.5) is 0 Å². The SMILES string of the molecule is O=C(C[C@@H]1CCCO1)N1[C@H]2CC[C@H]1CC(O)(Cn1ccc3ccncc31)C2. The van der Waals surface area contributed by atoms with Crippen LogP contribution >= 0.6 is 0 Å². The van der Waals surface area contributed by atoms with Gasteiger partial charge in [-0.1, -0.05) is 0 Å². The summed E-state index contributed by atoms with van der Waals surface area (Å²) in [5.74, 6) is 0.215. The van der Waals surface area contributed by atoms with Crippen LogP contribution in [0.15, 0.2) is 30.7 Å². The number of carbonyl (C=O) groups is 1. The molecular formula is C21H27N3O3. The molecule has 2 aromatic heterocycles. The molecule has 2 aromatic rings. The van der Waals surface area contributed by atoms with Crippen LogP contribution in [0.3, 0.4) is 0 Å². The lowest BCUT2D eigenvalue weighted by atomic mass is 9.85. The van der Waals surface area contributed by atoms with E-state index in [-0.39, 0.29) is 24.1 Å². The number of ether oxygens (including phenoxy) is 1. The van der Waals surface area contributed by atoms with Crippen LogP contribution < -0.4 is 0 Å². The zero-order chi connectivity index (χ0) is 18.4. The van der Waals surface area contributed by atoms with Crippen molar-refractivity contribution in [3.05, 3.63) is 30.7 Å². The summed E-state index contributed by atoms with van der Waals surface area (Å²) >= 11 is 0. The van der Waals surface area contributed by atoms with E-state index in [1.54, 1.807) is 6.20 Å². The van der Waals surface area contributed by atoms with Crippen LogP contribution in [0.2, 0.25) is 0 Å². The molecule has 1 amide bonds. The maximum absolute atomic E-state index is 12.9. The van der Waals surface area contributed by atoms with E-state index in [1.807, 2.05) is 18.5 Å². The summed E-state index contributed by atoms with van der Waals surface area (Å²) in [6.07, 6.45) is 11.6. The third-order valence-corrected chi connectivity index (χ3v) is 6.61. The second-order valence-corrected chi connectivity index (χ2v) is 8.54. The summed E-state index contributed by atoms with van der Waals surface area (Å²) in [6, 6.07) is 4.37. The first kappa shape index (κ1) is 17.2. The number of amides is 1. The lowest BCUT2D eigenvalue weighted by Gasteiger charge is -2.44. The highest BCUT2D eigenvalue weighted by atomic mass is 16.5. The molecule has 0 aliphatic carbocycles. The van der Waals surface area contributed by atoms with E-state index in [1.165, 1.54) is 0 Å². The Balaban J connectivity index is 1.30. The average Bonchev–Trinajstić information content (AvgIpc) is 3.35. The fourth-order valence-corrected chi connectivity index (χ4v) is 5.45. The standard InChI is InChI=1S/C21H27N3O3/c25-20(10-18-2-1-9-27-18)24-16-3-4-17(24)12-21(26,11-16)14-23-8-6-15-5-7-22-13-19(15)23/h5-8,13,16-18,26H,1-4,9-12,14H2/t16-,17-,18-/m0/s1. The predicted molar refractivity (Wildman–Crippen MR) is 101 cm³/mol. The van der Waals surface area contributed by atoms with Gasteiger partial charge in [0.25, 0.3) is 0 Å². The molecule has 5 rings (SSSR count). The molecule has 0 radical (unpaired) electrons. The number of rotatable bonds is 4. The van der Waals surface area contributed by atoms with Gasteiger partial charge in [0.15, 0.2) is 0 Å². The van der Waals surface area contributed by atoms with Crippen LogP contribution in [0.5, 0.6) is 0 Å². The Bertz CT molecular complexity index is 828. The molecular weight excluding hydrogens is 342 g/mol. The van der Waals surface area contributed by atoms with Crippen LogP contribution in [-0.4, -0.2) is 55.9 Å². The molecule has 144 valence electrons. The summed E-state index contributed by atoms with van der Waals surface area (Å²) in [5.41, 5.74) is 0.281. The highest BCUT2D eigenvalue weighted by Gasteiger charge is 2.49. The minimum absolute atomic E-state index is 0.0939. The highest BCUT2D eigenvalue weighted by molar-refractivity contribution is 5.79. The van der Waals surface area contributed by atoms with Crippen molar-refractivity contribution in [2.24, 2.45) is 0 Å². The molecule has 5 heterocycles. The molecule has 1 N–H and O–H groups in total. The maximum atomic E-state index is 12.9. The average molecular weight is 369 g/mol. The molecule has 0 unspecified atom stereocenters. The van der Waals surface area contributed by atoms with Gasteiger partial charge in [-0.3, -0.25) is 9.78 Å². The van der Waals surface area contributed by atoms with Crippen molar-refractivity contribution in [2.75, 3.05) is 6.61 Å². The van der Waals surface area contributed by atoms with Crippen molar-refractivity contribution in [3.63, 3.8) is 0 Å². The molecule has 3 atom stereocenters. The monoisotopic (exact) mass is 369 g/mol. The zero-order valence-electron chi connectivity index (χ0n) is 15.6. The predicted octanol–water partition coefficient (Wildman–Crippen LogP) is 2.49. The number of pyridine rings is 1. The minimum atomic E-state index is -0.770. The van der Waals surface area contributed by atoms with Gasteiger partial charge in [-0.15, -0.1) is 0 Å². The fourth-order valence-electron chi connectivity index (χ4n) is 5.45. The van der Waals surface area contributed by atoms with Gasteiger partial charge in [0.1, 0.15) is 0 Å². The van der Waals surface area contributed by atoms with Gasteiger partial charge in [-0.25, -0.2) is 0 Å². The summed E-state index contributed by atoms with van der Waals surface area (Å²) in [6.45, 7) is 1.34. The highest BCUT2D eigenvalue weighted by Crippen LogP contribution is 2.42. The number of nitrogens with zero attached hydrogens (tertiary/aromatic N) is 3. The number of fused-ring (bicyclic) bond motifs is 3. The van der Waals surface area contributed by atoms with E-state index in [2.05, 4.69) is 20.5 Å². The van der Waals surface area contributed by atoms with Gasteiger partial charge >= 0.3 is 0 Å². The summed E-state index contributed by atoms with van der Waals surface area (Å²) in [7, 11) is 0. The number of hydrogen-bond donors (Lipinski definition) is 1. The van der Waals surface area contributed by atoms with Crippen LogP contribution in [0.25, 0.3) is 10.9 Å². The van der Waals surface area contributed by atoms with Gasteiger partial charge in [-0.05, 0) is 50.7 Å². The first-order valence-electron chi connectivity index (χ1n) is 10.2. The van der Waals surface area contributed by atoms with E-state index in [4.69, 9.17) is 4.74 Å². The van der Waals surface area contributed by atoms with Crippen LogP contribution in [-0.2, 0) is 16.1 Å². The van der Waals surface area contributed by atoms with Gasteiger partial charge in [-0.2, -0.15) is 0 Å². The number of aromatic nitrogens is 2. The lowest BCUT2D eigenvalue weighted by molar-refractivity contribution is -0.144. The van der Waals surface area contributed by atoms with Gasteiger partial charge in [0.05, 0.1) is 36.4 Å². The Labute approximate surface area is 159 Å². The van der Waals surface area contributed by atoms with Gasteiger partial charge < -0.3 is 19.3 Å². The Kier molecular flexibility index (Phi) is 4.20. The Hall–Kier alpha value is -1.92. The molecule has 0 saturated carbocycles. The van der Waals surface area contributed by atoms with Crippen molar-refractivity contribution < 1.29 is 14.6 Å². The molecule has 3 aliphatic rings. The van der Waals surface area contributed by atoms with Crippen LogP contribution in [0.1, 0.15) is 44.9 Å². The minimum Gasteiger partial charge on any atom is -0.388 e. The van der Waals surface area contributed by atoms with E-state index in [9.17, 15) is 9.90 Å². The molecule has 2 bridgehead atoms. The van der Waals surface area contributed by atoms with E-state index in [0.717, 1.165) is 43.2 Å². The lowest BCUT2D eigenvalue weighted by Crippen LogP contribution is -2.55. The molecule has 3 saturated heterocycles. The number of carbonyl (C=O) groups excluding carboxylic acids is 1. The second kappa shape index (κ2) is 6.60. The summed E-state index contributed by atoms with van der Waals surface area (Å²) in [4.78, 5) is 19.2. The quantitative estimate of drug-likeness (QED) is 0.899. The van der Waals surface area contributed by atoms with Crippen molar-refractivity contribution in [1.29, 1.82) is 0 Å². The smallest absolute Gasteiger partial charge is 0.225 e. The molecule has 3 aliphatic heterocycles.